The lowest BCUT2D eigenvalue weighted by molar-refractivity contribution is -0.223. The van der Waals surface area contributed by atoms with Crippen molar-refractivity contribution in [3.63, 3.8) is 0 Å². The van der Waals surface area contributed by atoms with Crippen LogP contribution >= 0.6 is 0 Å². The van der Waals surface area contributed by atoms with Crippen LogP contribution in [-0.2, 0) is 16.1 Å². The van der Waals surface area contributed by atoms with Crippen molar-refractivity contribution in [2.24, 2.45) is 35.5 Å². The van der Waals surface area contributed by atoms with Crippen molar-refractivity contribution in [1.82, 2.24) is 4.90 Å². The fourth-order valence-electron chi connectivity index (χ4n) is 8.00. The van der Waals surface area contributed by atoms with Crippen LogP contribution in [0.5, 0.6) is 0 Å². The average molecular weight is 420 g/mol. The maximum Gasteiger partial charge on any atom is 0.166 e. The average Bonchev–Trinajstić information content (AvgIpc) is 3.44. The molecule has 4 fully saturated rings. The van der Waals surface area contributed by atoms with Gasteiger partial charge < -0.3 is 4.74 Å². The van der Waals surface area contributed by atoms with E-state index in [9.17, 15) is 4.79 Å². The van der Waals surface area contributed by atoms with Gasteiger partial charge in [-0.1, -0.05) is 49.8 Å². The van der Waals surface area contributed by atoms with Crippen molar-refractivity contribution < 1.29 is 9.53 Å². The summed E-state index contributed by atoms with van der Waals surface area (Å²) in [5.41, 5.74) is 2.30. The molecule has 4 aliphatic carbocycles. The zero-order chi connectivity index (χ0) is 21.3. The van der Waals surface area contributed by atoms with E-state index in [4.69, 9.17) is 4.74 Å². The first-order chi connectivity index (χ1) is 14.9. The standard InChI is InChI=1S/C28H37NO2/c1-17-9-12-23-24(13-17)31-27(29(28(23,2)3)16-18-7-5-4-6-8-18)22-15-21-19-10-11-20(14-19)25(21)26(22)30/h4-8,15,17,19-21,23-25,27H,9-14,16H2,1-3H3/t17-,19-,20+,21+,23-,24-,25-,27+/m1/s1. The third-order valence-electron chi connectivity index (χ3n) is 9.69. The lowest BCUT2D eigenvalue weighted by atomic mass is 9.69. The normalized spacial score (nSPS) is 43.6. The number of hydrogen-bond acceptors (Lipinski definition) is 3. The molecule has 8 atom stereocenters. The molecule has 3 saturated carbocycles. The lowest BCUT2D eigenvalue weighted by Gasteiger charge is -2.57. The van der Waals surface area contributed by atoms with Crippen molar-refractivity contribution in [3.8, 4) is 0 Å². The molecule has 6 rings (SSSR count). The Morgan fingerprint density at radius 2 is 1.81 bits per heavy atom. The second-order valence-electron chi connectivity index (χ2n) is 11.7. The van der Waals surface area contributed by atoms with Gasteiger partial charge in [0.2, 0.25) is 0 Å². The van der Waals surface area contributed by atoms with Crippen LogP contribution in [0.4, 0.5) is 0 Å². The topological polar surface area (TPSA) is 29.5 Å². The zero-order valence-electron chi connectivity index (χ0n) is 19.3. The molecule has 0 aromatic heterocycles. The van der Waals surface area contributed by atoms with E-state index in [-0.39, 0.29) is 23.8 Å². The zero-order valence-corrected chi connectivity index (χ0v) is 19.3. The SMILES string of the molecule is C[C@@H]1CC[C@@H]2[C@@H](C1)O[C@@H](C1=C[C@H]3[C@@H]4CC[C@@H](C4)[C@H]3C1=O)N(Cc1ccccc1)C2(C)C. The third-order valence-corrected chi connectivity index (χ3v) is 9.69. The number of allylic oxidation sites excluding steroid dienone is 1. The summed E-state index contributed by atoms with van der Waals surface area (Å²) in [7, 11) is 0. The highest BCUT2D eigenvalue weighted by atomic mass is 16.5. The Morgan fingerprint density at radius 1 is 1.03 bits per heavy atom. The van der Waals surface area contributed by atoms with Gasteiger partial charge in [-0.15, -0.1) is 0 Å². The smallest absolute Gasteiger partial charge is 0.166 e. The molecule has 0 radical (unpaired) electrons. The van der Waals surface area contributed by atoms with E-state index in [0.29, 0.717) is 29.5 Å². The van der Waals surface area contributed by atoms with Crippen molar-refractivity contribution >= 4 is 5.78 Å². The Hall–Kier alpha value is -1.45. The molecule has 166 valence electrons. The third kappa shape index (κ3) is 3.10. The highest BCUT2D eigenvalue weighted by Crippen LogP contribution is 2.58. The van der Waals surface area contributed by atoms with Crippen LogP contribution in [0.25, 0.3) is 0 Å². The molecule has 0 unspecified atom stereocenters. The summed E-state index contributed by atoms with van der Waals surface area (Å²) < 4.78 is 6.93. The van der Waals surface area contributed by atoms with E-state index in [1.807, 2.05) is 0 Å². The minimum Gasteiger partial charge on any atom is -0.355 e. The Bertz CT molecular complexity index is 890. The molecule has 0 amide bonds. The van der Waals surface area contributed by atoms with Gasteiger partial charge in [0.1, 0.15) is 6.23 Å². The summed E-state index contributed by atoms with van der Waals surface area (Å²) in [5.74, 6) is 3.74. The number of carbonyl (C=O) groups excluding carboxylic acids is 1. The quantitative estimate of drug-likeness (QED) is 0.639. The Morgan fingerprint density at radius 3 is 2.58 bits per heavy atom. The molecule has 0 N–H and O–H groups in total. The number of Topliss-reactive ketones (excluding diaryl/α,β-unsaturated/α-hetero) is 1. The van der Waals surface area contributed by atoms with Crippen LogP contribution in [-0.4, -0.2) is 28.6 Å². The molecule has 1 saturated heterocycles. The number of hydrogen-bond donors (Lipinski definition) is 0. The number of benzene rings is 1. The van der Waals surface area contributed by atoms with Crippen LogP contribution < -0.4 is 0 Å². The predicted octanol–water partition coefficient (Wildman–Crippen LogP) is 5.60. The first-order valence-electron chi connectivity index (χ1n) is 12.7. The van der Waals surface area contributed by atoms with Gasteiger partial charge in [0, 0.05) is 29.5 Å². The maximum absolute atomic E-state index is 13.7. The second-order valence-corrected chi connectivity index (χ2v) is 11.7. The Labute approximate surface area is 187 Å². The van der Waals surface area contributed by atoms with Crippen LogP contribution in [0.3, 0.4) is 0 Å². The van der Waals surface area contributed by atoms with Gasteiger partial charge in [-0.25, -0.2) is 0 Å². The Kier molecular flexibility index (Phi) is 4.74. The number of rotatable bonds is 3. The number of fused-ring (bicyclic) bond motifs is 6. The van der Waals surface area contributed by atoms with Gasteiger partial charge in [0.05, 0.1) is 6.10 Å². The summed E-state index contributed by atoms with van der Waals surface area (Å²) in [5, 5.41) is 0. The first-order valence-corrected chi connectivity index (χ1v) is 12.7. The largest absolute Gasteiger partial charge is 0.355 e. The highest BCUT2D eigenvalue weighted by Gasteiger charge is 2.58. The van der Waals surface area contributed by atoms with E-state index >= 15 is 0 Å². The van der Waals surface area contributed by atoms with Gasteiger partial charge in [0.15, 0.2) is 5.78 Å². The van der Waals surface area contributed by atoms with Crippen molar-refractivity contribution in [1.29, 1.82) is 0 Å². The van der Waals surface area contributed by atoms with Crippen LogP contribution in [0.1, 0.15) is 64.9 Å². The molecule has 2 bridgehead atoms. The fourth-order valence-corrected chi connectivity index (χ4v) is 8.00. The first kappa shape index (κ1) is 20.2. The number of nitrogens with zero attached hydrogens (tertiary/aromatic N) is 1. The van der Waals surface area contributed by atoms with E-state index < -0.39 is 0 Å². The second kappa shape index (κ2) is 7.28. The molecule has 1 heterocycles. The van der Waals surface area contributed by atoms with Gasteiger partial charge in [-0.2, -0.15) is 0 Å². The van der Waals surface area contributed by atoms with Crippen LogP contribution in [0.15, 0.2) is 42.0 Å². The Balaban J connectivity index is 1.37. The summed E-state index contributed by atoms with van der Waals surface area (Å²) in [6, 6.07) is 10.7. The molecule has 0 spiro atoms. The van der Waals surface area contributed by atoms with Crippen LogP contribution in [0.2, 0.25) is 0 Å². The van der Waals surface area contributed by atoms with Crippen molar-refractivity contribution in [2.45, 2.75) is 83.7 Å². The summed E-state index contributed by atoms with van der Waals surface area (Å²) >= 11 is 0. The lowest BCUT2D eigenvalue weighted by Crippen LogP contribution is -2.64. The predicted molar refractivity (Wildman–Crippen MR) is 122 cm³/mol. The molecule has 1 aromatic carbocycles. The number of carbonyl (C=O) groups is 1. The number of ether oxygens (including phenoxy) is 1. The van der Waals surface area contributed by atoms with E-state index in [1.165, 1.54) is 37.7 Å². The van der Waals surface area contributed by atoms with Gasteiger partial charge in [-0.05, 0) is 75.2 Å². The summed E-state index contributed by atoms with van der Waals surface area (Å²) in [6.07, 6.45) is 9.93. The molecule has 31 heavy (non-hydrogen) atoms. The summed E-state index contributed by atoms with van der Waals surface area (Å²) in [4.78, 5) is 16.3. The molecule has 3 heteroatoms. The van der Waals surface area contributed by atoms with Gasteiger partial charge in [-0.3, -0.25) is 9.69 Å². The van der Waals surface area contributed by atoms with E-state index in [2.05, 4.69) is 62.1 Å². The highest BCUT2D eigenvalue weighted by molar-refractivity contribution is 6.01. The fraction of sp³-hybridized carbons (Fsp3) is 0.679. The minimum absolute atomic E-state index is 0.00136. The molecule has 1 aliphatic heterocycles. The summed E-state index contributed by atoms with van der Waals surface area (Å²) in [6.45, 7) is 8.01. The van der Waals surface area contributed by atoms with Gasteiger partial charge >= 0.3 is 0 Å². The monoisotopic (exact) mass is 419 g/mol. The van der Waals surface area contributed by atoms with Crippen molar-refractivity contribution in [2.75, 3.05) is 0 Å². The van der Waals surface area contributed by atoms with E-state index in [0.717, 1.165) is 24.5 Å². The minimum atomic E-state index is -0.195. The molecule has 5 aliphatic rings. The van der Waals surface area contributed by atoms with Crippen LogP contribution in [0, 0.1) is 35.5 Å². The van der Waals surface area contributed by atoms with Gasteiger partial charge in [0.25, 0.3) is 0 Å². The number of ketones is 1. The molecular weight excluding hydrogens is 382 g/mol. The molecular formula is C28H37NO2. The van der Waals surface area contributed by atoms with E-state index in [1.54, 1.807) is 0 Å². The molecule has 3 nitrogen and oxygen atoms in total. The maximum atomic E-state index is 13.7. The van der Waals surface area contributed by atoms with Crippen molar-refractivity contribution in [3.05, 3.63) is 47.5 Å². The molecule has 1 aromatic rings.